The third kappa shape index (κ3) is 1.81. The van der Waals surface area contributed by atoms with E-state index < -0.39 is 0 Å². The Morgan fingerprint density at radius 1 is 1.36 bits per heavy atom. The number of hydrogen-bond donors (Lipinski definition) is 1. The van der Waals surface area contributed by atoms with Gasteiger partial charge in [0.25, 0.3) is 0 Å². The van der Waals surface area contributed by atoms with E-state index in [1.807, 2.05) is 11.3 Å². The van der Waals surface area contributed by atoms with Crippen LogP contribution >= 0.6 is 11.3 Å². The quantitative estimate of drug-likeness (QED) is 0.807. The molecule has 1 nitrogen and oxygen atoms in total. The molecule has 0 bridgehead atoms. The van der Waals surface area contributed by atoms with Crippen LogP contribution in [0.25, 0.3) is 10.1 Å². The third-order valence-corrected chi connectivity index (χ3v) is 3.68. The van der Waals surface area contributed by atoms with Crippen molar-refractivity contribution in [3.63, 3.8) is 0 Å². The van der Waals surface area contributed by atoms with Gasteiger partial charge < -0.3 is 5.32 Å². The topological polar surface area (TPSA) is 12.0 Å². The van der Waals surface area contributed by atoms with Gasteiger partial charge in [0.2, 0.25) is 0 Å². The molecule has 0 spiro atoms. The first-order valence-electron chi connectivity index (χ1n) is 5.03. The fourth-order valence-corrected chi connectivity index (χ4v) is 2.71. The predicted molar refractivity (Wildman–Crippen MR) is 63.9 cm³/mol. The molecule has 2 aromatic rings. The summed E-state index contributed by atoms with van der Waals surface area (Å²) in [6.45, 7) is 5.38. The normalized spacial score (nSPS) is 13.3. The number of rotatable bonds is 3. The molecular weight excluding hydrogens is 190 g/mol. The Hall–Kier alpha value is -0.860. The van der Waals surface area contributed by atoms with Gasteiger partial charge in [-0.05, 0) is 31.0 Å². The Kier molecular flexibility index (Phi) is 2.85. The number of nitrogens with one attached hydrogen (secondary N) is 1. The summed E-state index contributed by atoms with van der Waals surface area (Å²) in [5.41, 5.74) is 0. The molecule has 0 radical (unpaired) electrons. The Labute approximate surface area is 88.8 Å². The molecule has 0 fully saturated rings. The lowest BCUT2D eigenvalue weighted by Crippen LogP contribution is -2.16. The van der Waals surface area contributed by atoms with E-state index in [4.69, 9.17) is 0 Å². The van der Waals surface area contributed by atoms with Gasteiger partial charge in [-0.25, -0.2) is 0 Å². The van der Waals surface area contributed by atoms with Crippen molar-refractivity contribution in [2.24, 2.45) is 0 Å². The minimum Gasteiger partial charge on any atom is -0.310 e. The van der Waals surface area contributed by atoms with Gasteiger partial charge in [0.15, 0.2) is 0 Å². The van der Waals surface area contributed by atoms with Gasteiger partial charge in [0.1, 0.15) is 0 Å². The summed E-state index contributed by atoms with van der Waals surface area (Å²) in [4.78, 5) is 1.42. The van der Waals surface area contributed by atoms with Crippen molar-refractivity contribution in [2.45, 2.75) is 19.9 Å². The average molecular weight is 205 g/mol. The third-order valence-electron chi connectivity index (χ3n) is 2.38. The molecule has 14 heavy (non-hydrogen) atoms. The molecule has 1 aromatic carbocycles. The Balaban J connectivity index is 2.35. The predicted octanol–water partition coefficient (Wildman–Crippen LogP) is 3.57. The molecule has 74 valence electrons. The Bertz CT molecular complexity index is 386. The molecule has 0 saturated carbocycles. The van der Waals surface area contributed by atoms with Crippen LogP contribution in [0.3, 0.4) is 0 Å². The second kappa shape index (κ2) is 4.11. The van der Waals surface area contributed by atoms with E-state index >= 15 is 0 Å². The van der Waals surface area contributed by atoms with Crippen LogP contribution in [-0.4, -0.2) is 6.54 Å². The summed E-state index contributed by atoms with van der Waals surface area (Å²) in [5.74, 6) is 0. The Morgan fingerprint density at radius 3 is 2.86 bits per heavy atom. The van der Waals surface area contributed by atoms with Crippen molar-refractivity contribution in [3.05, 3.63) is 35.2 Å². The van der Waals surface area contributed by atoms with Crippen molar-refractivity contribution >= 4 is 21.4 Å². The van der Waals surface area contributed by atoms with Gasteiger partial charge in [0, 0.05) is 15.6 Å². The fraction of sp³-hybridized carbons (Fsp3) is 0.333. The van der Waals surface area contributed by atoms with Gasteiger partial charge >= 0.3 is 0 Å². The molecule has 1 N–H and O–H groups in total. The van der Waals surface area contributed by atoms with E-state index in [2.05, 4.69) is 49.5 Å². The molecule has 0 aliphatic heterocycles. The van der Waals surface area contributed by atoms with Gasteiger partial charge in [-0.3, -0.25) is 0 Å². The minimum absolute atomic E-state index is 0.470. The number of hydrogen-bond acceptors (Lipinski definition) is 2. The standard InChI is InChI=1S/C12H15NS/c1-3-13-9(2)12-8-10-6-4-5-7-11(10)14-12/h4-9,13H,3H2,1-2H3. The summed E-state index contributed by atoms with van der Waals surface area (Å²) < 4.78 is 1.38. The van der Waals surface area contributed by atoms with E-state index in [1.54, 1.807) is 0 Å². The van der Waals surface area contributed by atoms with Crippen molar-refractivity contribution in [1.29, 1.82) is 0 Å². The summed E-state index contributed by atoms with van der Waals surface area (Å²) in [5, 5.41) is 4.79. The second-order valence-corrected chi connectivity index (χ2v) is 4.58. The first-order chi connectivity index (χ1) is 6.81. The van der Waals surface area contributed by atoms with Crippen LogP contribution in [0.2, 0.25) is 0 Å². The largest absolute Gasteiger partial charge is 0.310 e. The monoisotopic (exact) mass is 205 g/mol. The van der Waals surface area contributed by atoms with Crippen LogP contribution in [-0.2, 0) is 0 Å². The maximum Gasteiger partial charge on any atom is 0.0386 e. The summed E-state index contributed by atoms with van der Waals surface area (Å²) in [6.07, 6.45) is 0. The highest BCUT2D eigenvalue weighted by Crippen LogP contribution is 2.29. The highest BCUT2D eigenvalue weighted by molar-refractivity contribution is 7.19. The van der Waals surface area contributed by atoms with Crippen LogP contribution < -0.4 is 5.32 Å². The fourth-order valence-electron chi connectivity index (χ4n) is 1.62. The van der Waals surface area contributed by atoms with E-state index in [0.717, 1.165) is 6.54 Å². The lowest BCUT2D eigenvalue weighted by Gasteiger charge is -2.08. The number of thiophene rings is 1. The molecular formula is C12H15NS. The molecule has 1 unspecified atom stereocenters. The van der Waals surface area contributed by atoms with Crippen LogP contribution in [0, 0.1) is 0 Å². The summed E-state index contributed by atoms with van der Waals surface area (Å²) in [7, 11) is 0. The number of benzene rings is 1. The van der Waals surface area contributed by atoms with Crippen LogP contribution in [0.1, 0.15) is 24.8 Å². The van der Waals surface area contributed by atoms with Gasteiger partial charge in [-0.15, -0.1) is 11.3 Å². The molecule has 1 heterocycles. The highest BCUT2D eigenvalue weighted by atomic mass is 32.1. The summed E-state index contributed by atoms with van der Waals surface area (Å²) >= 11 is 1.88. The van der Waals surface area contributed by atoms with E-state index in [-0.39, 0.29) is 0 Å². The molecule has 0 aliphatic carbocycles. The van der Waals surface area contributed by atoms with Crippen LogP contribution in [0.4, 0.5) is 0 Å². The molecule has 0 aliphatic rings. The molecule has 0 saturated heterocycles. The van der Waals surface area contributed by atoms with E-state index in [9.17, 15) is 0 Å². The first-order valence-corrected chi connectivity index (χ1v) is 5.84. The zero-order chi connectivity index (χ0) is 9.97. The second-order valence-electron chi connectivity index (χ2n) is 3.47. The Morgan fingerprint density at radius 2 is 2.14 bits per heavy atom. The van der Waals surface area contributed by atoms with Crippen molar-refractivity contribution in [1.82, 2.24) is 5.32 Å². The number of fused-ring (bicyclic) bond motifs is 1. The molecule has 1 atom stereocenters. The molecule has 1 aromatic heterocycles. The van der Waals surface area contributed by atoms with Crippen molar-refractivity contribution in [2.75, 3.05) is 6.54 Å². The zero-order valence-electron chi connectivity index (χ0n) is 8.58. The lowest BCUT2D eigenvalue weighted by molar-refractivity contribution is 0.607. The molecule has 2 heteroatoms. The molecule has 2 rings (SSSR count). The SMILES string of the molecule is CCNC(C)c1cc2ccccc2s1. The lowest BCUT2D eigenvalue weighted by atomic mass is 10.2. The van der Waals surface area contributed by atoms with E-state index in [0.29, 0.717) is 6.04 Å². The molecule has 0 amide bonds. The summed E-state index contributed by atoms with van der Waals surface area (Å²) in [6, 6.07) is 11.3. The smallest absolute Gasteiger partial charge is 0.0386 e. The zero-order valence-corrected chi connectivity index (χ0v) is 9.40. The van der Waals surface area contributed by atoms with Gasteiger partial charge in [0.05, 0.1) is 0 Å². The minimum atomic E-state index is 0.470. The first kappa shape index (κ1) is 9.69. The van der Waals surface area contributed by atoms with E-state index in [1.165, 1.54) is 15.0 Å². The average Bonchev–Trinajstić information content (AvgIpc) is 2.61. The van der Waals surface area contributed by atoms with Crippen LogP contribution in [0.5, 0.6) is 0 Å². The maximum atomic E-state index is 3.43. The maximum absolute atomic E-state index is 3.43. The van der Waals surface area contributed by atoms with Gasteiger partial charge in [-0.2, -0.15) is 0 Å². The van der Waals surface area contributed by atoms with Crippen molar-refractivity contribution in [3.8, 4) is 0 Å². The van der Waals surface area contributed by atoms with Gasteiger partial charge in [-0.1, -0.05) is 25.1 Å². The highest BCUT2D eigenvalue weighted by Gasteiger charge is 2.07. The van der Waals surface area contributed by atoms with Crippen LogP contribution in [0.15, 0.2) is 30.3 Å². The van der Waals surface area contributed by atoms with Crippen molar-refractivity contribution < 1.29 is 0 Å².